The number of rotatable bonds is 15. The largest absolute Gasteiger partial charge is 0.497 e. The van der Waals surface area contributed by atoms with Crippen molar-refractivity contribution in [1.29, 1.82) is 0 Å². The Labute approximate surface area is 164 Å². The Morgan fingerprint density at radius 1 is 1.04 bits per heavy atom. The Morgan fingerprint density at radius 2 is 1.74 bits per heavy atom. The maximum absolute atomic E-state index is 12.2. The maximum atomic E-state index is 12.2. The number of aliphatic carboxylic acids is 1. The maximum Gasteiger partial charge on any atom is 0.334 e. The minimum Gasteiger partial charge on any atom is -0.497 e. The smallest absolute Gasteiger partial charge is 0.334 e. The molecule has 0 heterocycles. The van der Waals surface area contributed by atoms with E-state index in [-0.39, 0.29) is 12.2 Å². The minimum absolute atomic E-state index is 0.141. The van der Waals surface area contributed by atoms with Crippen LogP contribution in [0.4, 0.5) is 0 Å². The fourth-order valence-electron chi connectivity index (χ4n) is 2.35. The summed E-state index contributed by atoms with van der Waals surface area (Å²) >= 11 is 0. The second-order valence-electron chi connectivity index (χ2n) is 6.44. The highest BCUT2D eigenvalue weighted by atomic mass is 16.6. The van der Waals surface area contributed by atoms with Gasteiger partial charge in [0.15, 0.2) is 6.10 Å². The van der Waals surface area contributed by atoms with Crippen LogP contribution in [0.15, 0.2) is 35.6 Å². The van der Waals surface area contributed by atoms with Crippen LogP contribution in [0.1, 0.15) is 79.1 Å². The van der Waals surface area contributed by atoms with E-state index in [4.69, 9.17) is 14.6 Å². The number of allylic oxidation sites excluding steroid dienone is 2. The molecule has 0 rings (SSSR count). The summed E-state index contributed by atoms with van der Waals surface area (Å²) in [5.41, 5.74) is 1.37. The molecule has 0 aromatic heterocycles. The molecule has 1 N–H and O–H groups in total. The Hall–Kier alpha value is -2.04. The van der Waals surface area contributed by atoms with E-state index < -0.39 is 18.0 Å². The molecule has 0 radical (unpaired) electrons. The monoisotopic (exact) mass is 380 g/mol. The number of carbonyl (C=O) groups is 2. The summed E-state index contributed by atoms with van der Waals surface area (Å²) in [4.78, 5) is 23.1. The van der Waals surface area contributed by atoms with Gasteiger partial charge in [-0.3, -0.25) is 0 Å². The standard InChI is InChI=1S/C22H36O5/c1-5-9-11-12-14-20(17-26-16-18(7-3)13-10-6-2)27-22(25)19(8-4)15-21(23)24/h12,14-16,20H,5-11,13,17H2,1-4H3,(H,23,24). The lowest BCUT2D eigenvalue weighted by atomic mass is 10.1. The van der Waals surface area contributed by atoms with E-state index >= 15 is 0 Å². The molecule has 154 valence electrons. The van der Waals surface area contributed by atoms with Gasteiger partial charge in [-0.05, 0) is 43.8 Å². The Morgan fingerprint density at radius 3 is 2.30 bits per heavy atom. The Bertz CT molecular complexity index is 517. The molecule has 0 fully saturated rings. The lowest BCUT2D eigenvalue weighted by molar-refractivity contribution is -0.144. The molecule has 0 aliphatic heterocycles. The fraction of sp³-hybridized carbons (Fsp3) is 0.636. The van der Waals surface area contributed by atoms with E-state index in [0.29, 0.717) is 6.42 Å². The van der Waals surface area contributed by atoms with Gasteiger partial charge in [0.2, 0.25) is 0 Å². The third kappa shape index (κ3) is 12.9. The molecule has 0 amide bonds. The minimum atomic E-state index is -1.15. The van der Waals surface area contributed by atoms with Crippen LogP contribution in [0.5, 0.6) is 0 Å². The van der Waals surface area contributed by atoms with E-state index in [0.717, 1.165) is 51.0 Å². The number of unbranched alkanes of at least 4 members (excludes halogenated alkanes) is 3. The zero-order chi connectivity index (χ0) is 20.5. The fourth-order valence-corrected chi connectivity index (χ4v) is 2.35. The van der Waals surface area contributed by atoms with Crippen LogP contribution in [0.3, 0.4) is 0 Å². The van der Waals surface area contributed by atoms with Crippen LogP contribution in [-0.2, 0) is 19.1 Å². The summed E-state index contributed by atoms with van der Waals surface area (Å²) in [6.07, 6.45) is 13.5. The second-order valence-corrected chi connectivity index (χ2v) is 6.44. The normalized spacial score (nSPS) is 13.6. The van der Waals surface area contributed by atoms with E-state index in [9.17, 15) is 9.59 Å². The first-order chi connectivity index (χ1) is 13.0. The van der Waals surface area contributed by atoms with Gasteiger partial charge in [-0.2, -0.15) is 0 Å². The zero-order valence-electron chi connectivity index (χ0n) is 17.3. The molecular weight excluding hydrogens is 344 g/mol. The van der Waals surface area contributed by atoms with Crippen LogP contribution < -0.4 is 0 Å². The molecule has 0 aromatic carbocycles. The number of carboxylic acids is 1. The van der Waals surface area contributed by atoms with E-state index in [1.807, 2.05) is 12.2 Å². The van der Waals surface area contributed by atoms with Gasteiger partial charge in [-0.1, -0.05) is 53.0 Å². The highest BCUT2D eigenvalue weighted by Crippen LogP contribution is 2.13. The molecule has 1 unspecified atom stereocenters. The van der Waals surface area contributed by atoms with Gasteiger partial charge < -0.3 is 14.6 Å². The van der Waals surface area contributed by atoms with Crippen LogP contribution in [0.2, 0.25) is 0 Å². The van der Waals surface area contributed by atoms with Crippen LogP contribution in [0, 0.1) is 0 Å². The molecule has 0 saturated carbocycles. The lowest BCUT2D eigenvalue weighted by Gasteiger charge is -2.15. The molecule has 1 atom stereocenters. The topological polar surface area (TPSA) is 72.8 Å². The molecule has 5 nitrogen and oxygen atoms in total. The number of esters is 1. The molecule has 5 heteroatoms. The first-order valence-corrected chi connectivity index (χ1v) is 10.1. The van der Waals surface area contributed by atoms with Crippen LogP contribution in [0.25, 0.3) is 0 Å². The van der Waals surface area contributed by atoms with Crippen molar-refractivity contribution in [2.75, 3.05) is 6.61 Å². The highest BCUT2D eigenvalue weighted by molar-refractivity contribution is 5.95. The summed E-state index contributed by atoms with van der Waals surface area (Å²) in [6, 6.07) is 0. The summed E-state index contributed by atoms with van der Waals surface area (Å²) < 4.78 is 11.1. The summed E-state index contributed by atoms with van der Waals surface area (Å²) in [7, 11) is 0. The van der Waals surface area contributed by atoms with Crippen molar-refractivity contribution in [2.24, 2.45) is 0 Å². The molecule has 0 saturated heterocycles. The SMILES string of the molecule is CCCCC=CC(COC=C(CC)CCCC)OC(=O)C(=CC(=O)O)CC. The molecule has 0 aliphatic rings. The Balaban J connectivity index is 4.95. The van der Waals surface area contributed by atoms with Gasteiger partial charge in [-0.15, -0.1) is 0 Å². The highest BCUT2D eigenvalue weighted by Gasteiger charge is 2.16. The summed E-state index contributed by atoms with van der Waals surface area (Å²) in [5.74, 6) is -1.76. The van der Waals surface area contributed by atoms with E-state index in [1.54, 1.807) is 13.2 Å². The molecule has 0 spiro atoms. The van der Waals surface area contributed by atoms with Gasteiger partial charge >= 0.3 is 11.9 Å². The predicted molar refractivity (Wildman–Crippen MR) is 108 cm³/mol. The quantitative estimate of drug-likeness (QED) is 0.132. The van der Waals surface area contributed by atoms with Gasteiger partial charge in [-0.25, -0.2) is 9.59 Å². The predicted octanol–water partition coefficient (Wildman–Crippen LogP) is 5.57. The molecule has 0 aliphatic carbocycles. The van der Waals surface area contributed by atoms with Crippen molar-refractivity contribution >= 4 is 11.9 Å². The molecular formula is C22H36O5. The number of carboxylic acid groups (broad SMARTS) is 1. The van der Waals surface area contributed by atoms with Gasteiger partial charge in [0.05, 0.1) is 6.26 Å². The number of ether oxygens (including phenoxy) is 2. The molecule has 0 aromatic rings. The second kappa shape index (κ2) is 16.2. The zero-order valence-corrected chi connectivity index (χ0v) is 17.3. The van der Waals surface area contributed by atoms with E-state index in [2.05, 4.69) is 20.8 Å². The Kier molecular flexibility index (Phi) is 14.9. The average molecular weight is 381 g/mol. The first-order valence-electron chi connectivity index (χ1n) is 10.1. The van der Waals surface area contributed by atoms with Gasteiger partial charge in [0.1, 0.15) is 6.61 Å². The third-order valence-corrected chi connectivity index (χ3v) is 4.09. The van der Waals surface area contributed by atoms with Crippen molar-refractivity contribution in [3.8, 4) is 0 Å². The van der Waals surface area contributed by atoms with Crippen molar-refractivity contribution in [3.05, 3.63) is 35.6 Å². The lowest BCUT2D eigenvalue weighted by Crippen LogP contribution is -2.22. The van der Waals surface area contributed by atoms with Gasteiger partial charge in [0.25, 0.3) is 0 Å². The average Bonchev–Trinajstić information content (AvgIpc) is 2.65. The van der Waals surface area contributed by atoms with E-state index in [1.165, 1.54) is 5.57 Å². The van der Waals surface area contributed by atoms with Crippen molar-refractivity contribution in [1.82, 2.24) is 0 Å². The number of carbonyl (C=O) groups excluding carboxylic acids is 1. The third-order valence-electron chi connectivity index (χ3n) is 4.09. The molecule has 27 heavy (non-hydrogen) atoms. The van der Waals surface area contributed by atoms with Crippen molar-refractivity contribution < 1.29 is 24.2 Å². The van der Waals surface area contributed by atoms with Crippen molar-refractivity contribution in [3.63, 3.8) is 0 Å². The molecule has 0 bridgehead atoms. The van der Waals surface area contributed by atoms with Gasteiger partial charge in [0, 0.05) is 11.6 Å². The summed E-state index contributed by atoms with van der Waals surface area (Å²) in [5, 5.41) is 8.87. The van der Waals surface area contributed by atoms with Crippen LogP contribution >= 0.6 is 0 Å². The van der Waals surface area contributed by atoms with Crippen LogP contribution in [-0.4, -0.2) is 29.8 Å². The van der Waals surface area contributed by atoms with Crippen molar-refractivity contribution in [2.45, 2.75) is 85.2 Å². The first kappa shape index (κ1) is 25.0. The number of hydrogen-bond donors (Lipinski definition) is 1. The number of hydrogen-bond acceptors (Lipinski definition) is 4. The summed E-state index contributed by atoms with van der Waals surface area (Å²) in [6.45, 7) is 8.31.